The Morgan fingerprint density at radius 3 is 1.72 bits per heavy atom. The van der Waals surface area contributed by atoms with E-state index in [1.807, 2.05) is 0 Å². The molecule has 8 aromatic carbocycles. The average molecular weight is 831 g/mol. The summed E-state index contributed by atoms with van der Waals surface area (Å²) in [5.74, 6) is 0. The summed E-state index contributed by atoms with van der Waals surface area (Å²) >= 11 is 0. The predicted molar refractivity (Wildman–Crippen MR) is 277 cm³/mol. The van der Waals surface area contributed by atoms with Gasteiger partial charge in [0.2, 0.25) is 0 Å². The third-order valence-corrected chi connectivity index (χ3v) is 14.7. The van der Waals surface area contributed by atoms with Crippen LogP contribution in [0.3, 0.4) is 0 Å². The van der Waals surface area contributed by atoms with Crippen LogP contribution in [0.1, 0.15) is 104 Å². The van der Waals surface area contributed by atoms with E-state index in [9.17, 15) is 0 Å². The Hall–Kier alpha value is -6.32. The maximum Gasteiger partial charge on any atom is 0.333 e. The fourth-order valence-corrected chi connectivity index (χ4v) is 11.1. The topological polar surface area (TPSA) is 6.48 Å². The Kier molecular flexibility index (Phi) is 8.75. The highest BCUT2D eigenvalue weighted by Crippen LogP contribution is 2.55. The van der Waals surface area contributed by atoms with Gasteiger partial charge >= 0.3 is 6.85 Å². The summed E-state index contributed by atoms with van der Waals surface area (Å²) in [6, 6.07) is 61.0. The Morgan fingerprint density at radius 2 is 1.03 bits per heavy atom. The molecule has 0 fully saturated rings. The van der Waals surface area contributed by atoms with Crippen LogP contribution in [-0.2, 0) is 21.7 Å². The molecule has 64 heavy (non-hydrogen) atoms. The van der Waals surface area contributed by atoms with Crippen LogP contribution < -0.4 is 20.6 Å². The summed E-state index contributed by atoms with van der Waals surface area (Å²) in [6.45, 7) is 25.6. The average Bonchev–Trinajstić information content (AvgIpc) is 3.49. The largest absolute Gasteiger partial charge is 0.376 e. The van der Waals surface area contributed by atoms with E-state index in [2.05, 4.69) is 244 Å². The molecular formula is C61H59BN2. The van der Waals surface area contributed by atoms with Crippen molar-refractivity contribution in [2.75, 3.05) is 9.71 Å². The third-order valence-electron chi connectivity index (χ3n) is 14.7. The second-order valence-electron chi connectivity index (χ2n) is 22.3. The van der Waals surface area contributed by atoms with Crippen molar-refractivity contribution in [3.8, 4) is 33.4 Å². The molecule has 0 saturated carbocycles. The highest BCUT2D eigenvalue weighted by molar-refractivity contribution is 6.94. The molecule has 3 aliphatic rings. The predicted octanol–water partition coefficient (Wildman–Crippen LogP) is 15.4. The van der Waals surface area contributed by atoms with E-state index >= 15 is 0 Å². The first-order valence-corrected chi connectivity index (χ1v) is 23.3. The number of hydrogen-bond donors (Lipinski definition) is 0. The normalized spacial score (nSPS) is 14.8. The second kappa shape index (κ2) is 13.8. The maximum atomic E-state index is 2.68. The molecule has 2 nitrogen and oxygen atoms in total. The van der Waals surface area contributed by atoms with Gasteiger partial charge in [-0.2, -0.15) is 0 Å². The van der Waals surface area contributed by atoms with E-state index < -0.39 is 0 Å². The standard InChI is InChI=1S/C61H59BN2/c1-58(2,3)40-25-29-43(30-26-40)64-53-32-28-42(60(7,8)9)35-48(53)56-44-22-16-15-21-39(44)33-55-57(56)62(64)51-36-47-45-23-17-18-24-49(45)61(10,11)50(47)37-54(51)63(55)52-31-27-41(59(4,5)6)34-46(52)38-19-13-12-14-20-38/h12-37H,1-11H3. The van der Waals surface area contributed by atoms with Crippen LogP contribution in [0, 0.1) is 0 Å². The van der Waals surface area contributed by atoms with Gasteiger partial charge in [0.1, 0.15) is 0 Å². The lowest BCUT2D eigenvalue weighted by molar-refractivity contribution is 0.590. The zero-order valence-corrected chi connectivity index (χ0v) is 39.5. The van der Waals surface area contributed by atoms with Gasteiger partial charge in [-0.3, -0.25) is 0 Å². The lowest BCUT2D eigenvalue weighted by Gasteiger charge is -2.47. The molecule has 2 aliphatic heterocycles. The van der Waals surface area contributed by atoms with Gasteiger partial charge < -0.3 is 9.71 Å². The first-order chi connectivity index (χ1) is 30.4. The van der Waals surface area contributed by atoms with Gasteiger partial charge in [0.15, 0.2) is 0 Å². The molecule has 0 spiro atoms. The number of benzene rings is 8. The van der Waals surface area contributed by atoms with Gasteiger partial charge in [0.05, 0.1) is 5.69 Å². The lowest BCUT2D eigenvalue weighted by Crippen LogP contribution is -2.61. The summed E-state index contributed by atoms with van der Waals surface area (Å²) in [7, 11) is 0. The van der Waals surface area contributed by atoms with Crippen LogP contribution in [0.2, 0.25) is 0 Å². The van der Waals surface area contributed by atoms with Crippen molar-refractivity contribution < 1.29 is 0 Å². The fraction of sp³-hybridized carbons (Fsp3) is 0.246. The first-order valence-electron chi connectivity index (χ1n) is 23.3. The van der Waals surface area contributed by atoms with Crippen LogP contribution in [0.15, 0.2) is 158 Å². The van der Waals surface area contributed by atoms with Crippen LogP contribution in [0.25, 0.3) is 44.2 Å². The van der Waals surface area contributed by atoms with E-state index in [0.717, 1.165) is 0 Å². The molecule has 0 radical (unpaired) electrons. The summed E-state index contributed by atoms with van der Waals surface area (Å²) in [4.78, 5) is 5.34. The van der Waals surface area contributed by atoms with E-state index in [4.69, 9.17) is 0 Å². The molecule has 0 saturated heterocycles. The van der Waals surface area contributed by atoms with Crippen molar-refractivity contribution in [2.45, 2.75) is 97.8 Å². The number of anilines is 5. The second-order valence-corrected chi connectivity index (χ2v) is 22.3. The van der Waals surface area contributed by atoms with Gasteiger partial charge in [0.25, 0.3) is 0 Å². The van der Waals surface area contributed by atoms with Crippen molar-refractivity contribution in [3.63, 3.8) is 0 Å². The van der Waals surface area contributed by atoms with Crippen molar-refractivity contribution in [1.29, 1.82) is 0 Å². The van der Waals surface area contributed by atoms with Crippen LogP contribution in [0.4, 0.5) is 28.4 Å². The molecular weight excluding hydrogens is 771 g/mol. The van der Waals surface area contributed by atoms with Gasteiger partial charge in [-0.25, -0.2) is 0 Å². The van der Waals surface area contributed by atoms with Crippen molar-refractivity contribution in [1.82, 2.24) is 0 Å². The van der Waals surface area contributed by atoms with Gasteiger partial charge in [-0.15, -0.1) is 0 Å². The smallest absolute Gasteiger partial charge is 0.333 e. The third kappa shape index (κ3) is 6.07. The summed E-state index contributed by atoms with van der Waals surface area (Å²) in [5, 5.41) is 2.55. The number of nitrogens with zero attached hydrogens (tertiary/aromatic N) is 2. The Labute approximate surface area is 381 Å². The van der Waals surface area contributed by atoms with Gasteiger partial charge in [0, 0.05) is 39.3 Å². The van der Waals surface area contributed by atoms with Crippen LogP contribution in [-0.4, -0.2) is 6.85 Å². The van der Waals surface area contributed by atoms with Crippen LogP contribution >= 0.6 is 0 Å². The fourth-order valence-electron chi connectivity index (χ4n) is 11.1. The van der Waals surface area contributed by atoms with Gasteiger partial charge in [-0.05, 0) is 137 Å². The Morgan fingerprint density at radius 1 is 0.438 bits per heavy atom. The zero-order valence-electron chi connectivity index (χ0n) is 39.5. The summed E-state index contributed by atoms with van der Waals surface area (Å²) < 4.78 is 0. The monoisotopic (exact) mass is 830 g/mol. The molecule has 316 valence electrons. The molecule has 3 heteroatoms. The molecule has 0 bridgehead atoms. The molecule has 0 aromatic heterocycles. The Bertz CT molecular complexity index is 3190. The van der Waals surface area contributed by atoms with Crippen LogP contribution in [0.5, 0.6) is 0 Å². The Balaban J connectivity index is 1.31. The molecule has 0 N–H and O–H groups in total. The SMILES string of the molecule is CC(C)(C)c1ccc(N2B3c4cc5c(cc4N(c4ccc(C(C)(C)C)cc4-c4ccccc4)c4cc6ccccc6c(c43)-c3cc(C(C)(C)C)ccc32)C(C)(C)c2ccccc2-5)cc1. The number of hydrogen-bond acceptors (Lipinski definition) is 2. The minimum atomic E-state index is -0.176. The van der Waals surface area contributed by atoms with E-state index in [1.165, 1.54) is 111 Å². The van der Waals surface area contributed by atoms with E-state index in [0.29, 0.717) is 0 Å². The highest BCUT2D eigenvalue weighted by atomic mass is 15.2. The zero-order chi connectivity index (χ0) is 44.7. The molecule has 8 aromatic rings. The maximum absolute atomic E-state index is 2.68. The summed E-state index contributed by atoms with van der Waals surface area (Å²) in [5.41, 5.74) is 23.1. The lowest BCUT2D eigenvalue weighted by atomic mass is 9.43. The van der Waals surface area contributed by atoms with Gasteiger partial charge in [-0.1, -0.05) is 185 Å². The van der Waals surface area contributed by atoms with E-state index in [-0.39, 0.29) is 28.5 Å². The first kappa shape index (κ1) is 40.5. The highest BCUT2D eigenvalue weighted by Gasteiger charge is 2.48. The molecule has 2 heterocycles. The van der Waals surface area contributed by atoms with Crippen molar-refractivity contribution in [2.24, 2.45) is 0 Å². The van der Waals surface area contributed by atoms with Crippen molar-refractivity contribution >= 4 is 57.0 Å². The number of rotatable bonds is 3. The minimum absolute atomic E-state index is 0.0246. The van der Waals surface area contributed by atoms with Crippen molar-refractivity contribution in [3.05, 3.63) is 186 Å². The molecule has 0 amide bonds. The quantitative estimate of drug-likeness (QED) is 0.164. The molecule has 11 rings (SSSR count). The summed E-state index contributed by atoms with van der Waals surface area (Å²) in [6.07, 6.45) is 0. The van der Waals surface area contributed by atoms with E-state index in [1.54, 1.807) is 0 Å². The minimum Gasteiger partial charge on any atom is -0.376 e. The molecule has 1 aliphatic carbocycles. The number of fused-ring (bicyclic) bond motifs is 9. The molecule has 0 atom stereocenters. The molecule has 0 unspecified atom stereocenters.